The van der Waals surface area contributed by atoms with Crippen molar-refractivity contribution < 1.29 is 4.74 Å². The van der Waals surface area contributed by atoms with Crippen LogP contribution < -0.4 is 20.7 Å². The molecule has 1 aromatic heterocycles. The first-order valence-electron chi connectivity index (χ1n) is 10.1. The van der Waals surface area contributed by atoms with E-state index in [2.05, 4.69) is 56.3 Å². The highest BCUT2D eigenvalue weighted by molar-refractivity contribution is 5.80. The number of ether oxygens (including phenoxy) is 1. The molecule has 2 aromatic carbocycles. The predicted molar refractivity (Wildman–Crippen MR) is 119 cm³/mol. The van der Waals surface area contributed by atoms with Crippen molar-refractivity contribution in [1.82, 2.24) is 15.6 Å². The summed E-state index contributed by atoms with van der Waals surface area (Å²) in [5.41, 5.74) is 3.64. The Morgan fingerprint density at radius 3 is 2.86 bits per heavy atom. The van der Waals surface area contributed by atoms with E-state index in [1.54, 1.807) is 7.05 Å². The molecule has 0 spiro atoms. The third-order valence-corrected chi connectivity index (χ3v) is 5.01. The van der Waals surface area contributed by atoms with Crippen molar-refractivity contribution in [2.75, 3.05) is 38.6 Å². The second-order valence-electron chi connectivity index (χ2n) is 7.03. The van der Waals surface area contributed by atoms with Crippen LogP contribution in [0.1, 0.15) is 11.1 Å². The maximum Gasteiger partial charge on any atom is 0.191 e. The van der Waals surface area contributed by atoms with E-state index in [0.29, 0.717) is 0 Å². The normalized spacial score (nSPS) is 13.1. The van der Waals surface area contributed by atoms with Crippen LogP contribution in [-0.2, 0) is 12.8 Å². The average molecular weight is 390 g/mol. The lowest BCUT2D eigenvalue weighted by Crippen LogP contribution is -2.40. The number of hydrogen-bond donors (Lipinski definition) is 3. The largest absolute Gasteiger partial charge is 0.493 e. The van der Waals surface area contributed by atoms with E-state index in [0.717, 1.165) is 67.5 Å². The lowest BCUT2D eigenvalue weighted by atomic mass is 10.1. The molecule has 0 atom stereocenters. The molecule has 0 fully saturated rings. The molecule has 0 amide bonds. The van der Waals surface area contributed by atoms with Gasteiger partial charge in [0, 0.05) is 38.5 Å². The van der Waals surface area contributed by atoms with Gasteiger partial charge in [-0.3, -0.25) is 4.99 Å². The zero-order valence-corrected chi connectivity index (χ0v) is 16.7. The van der Waals surface area contributed by atoms with E-state index in [1.165, 1.54) is 11.1 Å². The van der Waals surface area contributed by atoms with Gasteiger partial charge in [0.05, 0.1) is 12.1 Å². The van der Waals surface area contributed by atoms with Crippen molar-refractivity contribution in [2.45, 2.75) is 12.8 Å². The Balaban J connectivity index is 1.18. The molecular formula is C23H27N5O. The highest BCUT2D eigenvalue weighted by atomic mass is 16.5. The number of nitrogens with zero attached hydrogens (tertiary/aromatic N) is 2. The summed E-state index contributed by atoms with van der Waals surface area (Å²) in [6.45, 7) is 3.15. The van der Waals surface area contributed by atoms with Gasteiger partial charge in [-0.25, -0.2) is 4.98 Å². The first-order valence-corrected chi connectivity index (χ1v) is 10.1. The van der Waals surface area contributed by atoms with Crippen LogP contribution >= 0.6 is 0 Å². The van der Waals surface area contributed by atoms with Crippen LogP contribution in [0.2, 0.25) is 0 Å². The Kier molecular flexibility index (Phi) is 6.10. The van der Waals surface area contributed by atoms with E-state index in [1.807, 2.05) is 24.3 Å². The van der Waals surface area contributed by atoms with E-state index in [9.17, 15) is 0 Å². The summed E-state index contributed by atoms with van der Waals surface area (Å²) in [4.78, 5) is 8.92. The molecular weight excluding hydrogens is 362 g/mol. The summed E-state index contributed by atoms with van der Waals surface area (Å²) in [5, 5.41) is 11.2. The second-order valence-corrected chi connectivity index (χ2v) is 7.03. The van der Waals surface area contributed by atoms with E-state index < -0.39 is 0 Å². The summed E-state index contributed by atoms with van der Waals surface area (Å²) in [6, 6.07) is 18.7. The molecule has 150 valence electrons. The number of hydrogen-bond acceptors (Lipinski definition) is 4. The first-order chi connectivity index (χ1) is 14.3. The number of pyridine rings is 1. The molecule has 3 N–H and O–H groups in total. The number of guanidine groups is 1. The average Bonchev–Trinajstić information content (AvgIpc) is 3.23. The van der Waals surface area contributed by atoms with Gasteiger partial charge in [0.25, 0.3) is 0 Å². The van der Waals surface area contributed by atoms with Gasteiger partial charge in [0.1, 0.15) is 11.6 Å². The number of aliphatic imine (C=N–C) groups is 1. The van der Waals surface area contributed by atoms with Crippen LogP contribution in [0.5, 0.6) is 5.75 Å². The minimum absolute atomic E-state index is 0.754. The lowest BCUT2D eigenvalue weighted by Gasteiger charge is -2.13. The third kappa shape index (κ3) is 4.96. The molecule has 6 heteroatoms. The van der Waals surface area contributed by atoms with E-state index in [-0.39, 0.29) is 0 Å². The second kappa shape index (κ2) is 9.28. The summed E-state index contributed by atoms with van der Waals surface area (Å²) >= 11 is 0. The Morgan fingerprint density at radius 2 is 1.93 bits per heavy atom. The van der Waals surface area contributed by atoms with Crippen LogP contribution in [0.3, 0.4) is 0 Å². The maximum atomic E-state index is 5.57. The molecule has 0 saturated carbocycles. The Morgan fingerprint density at radius 1 is 1.03 bits per heavy atom. The molecule has 2 heterocycles. The van der Waals surface area contributed by atoms with Crippen molar-refractivity contribution in [3.8, 4) is 5.75 Å². The highest BCUT2D eigenvalue weighted by Crippen LogP contribution is 2.25. The topological polar surface area (TPSA) is 70.6 Å². The number of fused-ring (bicyclic) bond motifs is 2. The first kappa shape index (κ1) is 19.1. The van der Waals surface area contributed by atoms with Crippen LogP contribution in [-0.4, -0.2) is 44.2 Å². The van der Waals surface area contributed by atoms with Crippen molar-refractivity contribution in [3.05, 3.63) is 65.7 Å². The molecule has 1 aliphatic rings. The summed E-state index contributed by atoms with van der Waals surface area (Å²) in [6.07, 6.45) is 1.96. The zero-order valence-electron chi connectivity index (χ0n) is 16.7. The summed E-state index contributed by atoms with van der Waals surface area (Å²) in [7, 11) is 1.79. The van der Waals surface area contributed by atoms with Crippen molar-refractivity contribution >= 4 is 22.7 Å². The maximum absolute atomic E-state index is 5.57. The monoisotopic (exact) mass is 389 g/mol. The van der Waals surface area contributed by atoms with E-state index in [4.69, 9.17) is 4.74 Å². The molecule has 0 bridgehead atoms. The minimum atomic E-state index is 0.754. The Hall–Kier alpha value is -3.28. The van der Waals surface area contributed by atoms with Gasteiger partial charge in [-0.15, -0.1) is 0 Å². The lowest BCUT2D eigenvalue weighted by molar-refractivity contribution is 0.357. The smallest absolute Gasteiger partial charge is 0.191 e. The highest BCUT2D eigenvalue weighted by Gasteiger charge is 2.11. The van der Waals surface area contributed by atoms with Gasteiger partial charge in [-0.2, -0.15) is 0 Å². The third-order valence-electron chi connectivity index (χ3n) is 5.01. The fraction of sp³-hybridized carbons (Fsp3) is 0.304. The molecule has 3 aromatic rings. The number of aromatic nitrogens is 1. The van der Waals surface area contributed by atoms with Crippen molar-refractivity contribution in [3.63, 3.8) is 0 Å². The van der Waals surface area contributed by atoms with Gasteiger partial charge in [-0.1, -0.05) is 30.3 Å². The molecule has 4 rings (SSSR count). The molecule has 6 nitrogen and oxygen atoms in total. The minimum Gasteiger partial charge on any atom is -0.493 e. The molecule has 29 heavy (non-hydrogen) atoms. The van der Waals surface area contributed by atoms with Gasteiger partial charge in [0.15, 0.2) is 5.96 Å². The van der Waals surface area contributed by atoms with E-state index >= 15 is 0 Å². The van der Waals surface area contributed by atoms with Crippen LogP contribution in [0, 0.1) is 0 Å². The predicted octanol–water partition coefficient (Wildman–Crippen LogP) is 2.99. The van der Waals surface area contributed by atoms with Crippen molar-refractivity contribution in [1.29, 1.82) is 0 Å². The zero-order chi connectivity index (χ0) is 19.9. The Labute approximate surface area is 171 Å². The summed E-state index contributed by atoms with van der Waals surface area (Å²) in [5.74, 6) is 2.73. The SMILES string of the molecule is CN=C(NCCNc1ccc2ccccc2n1)NCCc1ccc2c(c1)CCO2. The molecule has 0 aliphatic carbocycles. The molecule has 0 saturated heterocycles. The number of anilines is 1. The van der Waals surface area contributed by atoms with Gasteiger partial charge < -0.3 is 20.7 Å². The van der Waals surface area contributed by atoms with Crippen LogP contribution in [0.4, 0.5) is 5.82 Å². The van der Waals surface area contributed by atoms with Gasteiger partial charge in [0.2, 0.25) is 0 Å². The standard InChI is InChI=1S/C23H27N5O/c1-24-23(26-12-10-17-6-8-21-19(16-17)11-15-29-21)27-14-13-25-22-9-7-18-4-2-3-5-20(18)28-22/h2-9,16H,10-15H2,1H3,(H,25,28)(H2,24,26,27). The molecule has 0 unspecified atom stereocenters. The molecule has 0 radical (unpaired) electrons. The number of para-hydroxylation sites is 1. The number of nitrogens with one attached hydrogen (secondary N) is 3. The Bertz CT molecular complexity index is 1000. The van der Waals surface area contributed by atoms with Crippen LogP contribution in [0.25, 0.3) is 10.9 Å². The fourth-order valence-electron chi connectivity index (χ4n) is 3.48. The quantitative estimate of drug-likeness (QED) is 0.329. The summed E-state index contributed by atoms with van der Waals surface area (Å²) < 4.78 is 5.57. The molecule has 1 aliphatic heterocycles. The fourth-order valence-corrected chi connectivity index (χ4v) is 3.48. The number of benzene rings is 2. The van der Waals surface area contributed by atoms with Crippen LogP contribution in [0.15, 0.2) is 59.6 Å². The van der Waals surface area contributed by atoms with Crippen molar-refractivity contribution in [2.24, 2.45) is 4.99 Å². The van der Waals surface area contributed by atoms with Gasteiger partial charge >= 0.3 is 0 Å². The number of rotatable bonds is 7. The van der Waals surface area contributed by atoms with Gasteiger partial charge in [-0.05, 0) is 41.8 Å².